The summed E-state index contributed by atoms with van der Waals surface area (Å²) in [5, 5.41) is 2.99. The maximum absolute atomic E-state index is 12.9. The Kier molecular flexibility index (Phi) is 6.54. The average molecular weight is 487 g/mol. The fraction of sp³-hybridized carbons (Fsp3) is 0.250. The van der Waals surface area contributed by atoms with Crippen LogP contribution in [-0.4, -0.2) is 30.3 Å². The van der Waals surface area contributed by atoms with E-state index in [1.54, 1.807) is 18.2 Å². The molecule has 33 heavy (non-hydrogen) atoms. The number of esters is 1. The molecule has 3 atom stereocenters. The van der Waals surface area contributed by atoms with E-state index >= 15 is 0 Å². The number of nitrogens with zero attached hydrogens (tertiary/aromatic N) is 1. The Morgan fingerprint density at radius 1 is 1.09 bits per heavy atom. The zero-order valence-corrected chi connectivity index (χ0v) is 19.1. The molecule has 1 aliphatic carbocycles. The predicted octanol–water partition coefficient (Wildman–Crippen LogP) is 4.49. The molecule has 7 nitrogen and oxygen atoms in total. The van der Waals surface area contributed by atoms with Gasteiger partial charge in [-0.1, -0.05) is 48.3 Å². The van der Waals surface area contributed by atoms with Gasteiger partial charge in [-0.2, -0.15) is 0 Å². The van der Waals surface area contributed by atoms with Crippen molar-refractivity contribution in [3.8, 4) is 0 Å². The number of imide groups is 1. The van der Waals surface area contributed by atoms with Crippen molar-refractivity contribution < 1.29 is 23.9 Å². The molecule has 9 heteroatoms. The highest BCUT2D eigenvalue weighted by Gasteiger charge is 2.50. The lowest BCUT2D eigenvalue weighted by Crippen LogP contribution is -2.31. The molecule has 0 saturated carbocycles. The van der Waals surface area contributed by atoms with Crippen LogP contribution in [0.25, 0.3) is 0 Å². The lowest BCUT2D eigenvalue weighted by molar-refractivity contribution is -0.123. The second kappa shape index (κ2) is 9.37. The van der Waals surface area contributed by atoms with Gasteiger partial charge in [0.1, 0.15) is 0 Å². The zero-order valence-electron chi connectivity index (χ0n) is 17.6. The van der Waals surface area contributed by atoms with E-state index in [0.717, 1.165) is 0 Å². The third-order valence-electron chi connectivity index (χ3n) is 5.79. The highest BCUT2D eigenvalue weighted by Crippen LogP contribution is 2.40. The van der Waals surface area contributed by atoms with Gasteiger partial charge >= 0.3 is 5.97 Å². The lowest BCUT2D eigenvalue weighted by atomic mass is 9.78. The number of fused-ring (bicyclic) bond motifs is 1. The van der Waals surface area contributed by atoms with Gasteiger partial charge < -0.3 is 10.1 Å². The highest BCUT2D eigenvalue weighted by atomic mass is 35.5. The number of halogens is 2. The van der Waals surface area contributed by atoms with E-state index in [4.69, 9.17) is 27.9 Å². The smallest absolute Gasteiger partial charge is 0.338 e. The molecule has 0 aromatic heterocycles. The molecule has 1 fully saturated rings. The maximum atomic E-state index is 12.9. The van der Waals surface area contributed by atoms with E-state index in [0.29, 0.717) is 17.8 Å². The van der Waals surface area contributed by atoms with E-state index in [9.17, 15) is 19.2 Å². The van der Waals surface area contributed by atoms with Crippen molar-refractivity contribution in [1.29, 1.82) is 0 Å². The summed E-state index contributed by atoms with van der Waals surface area (Å²) in [4.78, 5) is 51.3. The normalized spacial score (nSPS) is 21.7. The van der Waals surface area contributed by atoms with E-state index in [1.165, 1.54) is 29.2 Å². The fourth-order valence-electron chi connectivity index (χ4n) is 4.15. The molecule has 1 aliphatic heterocycles. The first-order chi connectivity index (χ1) is 15.8. The van der Waals surface area contributed by atoms with Crippen LogP contribution in [0.15, 0.2) is 54.6 Å². The Balaban J connectivity index is 1.38. The topological polar surface area (TPSA) is 92.8 Å². The van der Waals surface area contributed by atoms with Crippen LogP contribution < -0.4 is 10.2 Å². The summed E-state index contributed by atoms with van der Waals surface area (Å²) in [6, 6.07) is 10.7. The number of carbonyl (C=O) groups is 4. The third kappa shape index (κ3) is 4.51. The molecule has 1 N–H and O–H groups in total. The quantitative estimate of drug-likeness (QED) is 0.381. The number of allylic oxidation sites excluding steroid dienone is 2. The van der Waals surface area contributed by atoms with Crippen molar-refractivity contribution >= 4 is 58.3 Å². The van der Waals surface area contributed by atoms with E-state index < -0.39 is 18.5 Å². The number of hydrogen-bond acceptors (Lipinski definition) is 5. The van der Waals surface area contributed by atoms with Crippen molar-refractivity contribution in [3.05, 3.63) is 70.2 Å². The lowest BCUT2D eigenvalue weighted by Gasteiger charge is -2.22. The molecular formula is C24H20Cl2N2O5. The van der Waals surface area contributed by atoms with Crippen LogP contribution in [0.2, 0.25) is 10.0 Å². The highest BCUT2D eigenvalue weighted by molar-refractivity contribution is 6.44. The van der Waals surface area contributed by atoms with Gasteiger partial charge in [0, 0.05) is 0 Å². The standard InChI is InChI=1S/C24H20Cl2N2O5/c1-13-4-2-5-16-20(13)23(31)28(22(16)30)15-10-8-14(9-11-15)24(32)33-12-19(29)27-18-7-3-6-17(25)21(18)26/h2-4,6-11,13,16,20H,5,12H2,1H3,(H,27,29)/t13-,16+,20-/m1/s1. The number of rotatable bonds is 5. The number of ether oxygens (including phenoxy) is 1. The Morgan fingerprint density at radius 3 is 2.52 bits per heavy atom. The van der Waals surface area contributed by atoms with Gasteiger partial charge in [-0.15, -0.1) is 0 Å². The first-order valence-electron chi connectivity index (χ1n) is 10.3. The Hall–Kier alpha value is -3.16. The fourth-order valence-corrected chi connectivity index (χ4v) is 4.50. The molecule has 170 valence electrons. The van der Waals surface area contributed by atoms with Gasteiger partial charge in [0.15, 0.2) is 6.61 Å². The number of anilines is 2. The van der Waals surface area contributed by atoms with Crippen molar-refractivity contribution in [2.75, 3.05) is 16.8 Å². The predicted molar refractivity (Wildman–Crippen MR) is 124 cm³/mol. The van der Waals surface area contributed by atoms with E-state index in [-0.39, 0.29) is 45.2 Å². The Bertz CT molecular complexity index is 1160. The van der Waals surface area contributed by atoms with Gasteiger partial charge in [0.2, 0.25) is 11.8 Å². The Morgan fingerprint density at radius 2 is 1.82 bits per heavy atom. The van der Waals surface area contributed by atoms with Gasteiger partial charge in [0.05, 0.1) is 38.8 Å². The summed E-state index contributed by atoms with van der Waals surface area (Å²) in [5.41, 5.74) is 0.884. The van der Waals surface area contributed by atoms with Crippen LogP contribution in [0, 0.1) is 17.8 Å². The van der Waals surface area contributed by atoms with E-state index in [2.05, 4.69) is 5.32 Å². The second-order valence-corrected chi connectivity index (χ2v) is 8.72. The van der Waals surface area contributed by atoms with Crippen LogP contribution in [0.5, 0.6) is 0 Å². The number of nitrogens with one attached hydrogen (secondary N) is 1. The maximum Gasteiger partial charge on any atom is 0.338 e. The molecule has 4 rings (SSSR count). The largest absolute Gasteiger partial charge is 0.452 e. The minimum absolute atomic E-state index is 0.00705. The molecule has 2 aromatic rings. The minimum Gasteiger partial charge on any atom is -0.452 e. The van der Waals surface area contributed by atoms with E-state index in [1.807, 2.05) is 19.1 Å². The van der Waals surface area contributed by atoms with Crippen LogP contribution in [0.4, 0.5) is 11.4 Å². The second-order valence-electron chi connectivity index (χ2n) is 7.94. The van der Waals surface area contributed by atoms with Gasteiger partial charge in [0.25, 0.3) is 5.91 Å². The summed E-state index contributed by atoms with van der Waals surface area (Å²) < 4.78 is 5.05. The molecule has 2 aromatic carbocycles. The monoisotopic (exact) mass is 486 g/mol. The molecule has 1 saturated heterocycles. The SMILES string of the molecule is C[C@@H]1C=CC[C@@H]2C(=O)N(c3ccc(C(=O)OCC(=O)Nc4cccc(Cl)c4Cl)cc3)C(=O)[C@H]12. The molecule has 0 bridgehead atoms. The average Bonchev–Trinajstić information content (AvgIpc) is 3.06. The molecule has 3 amide bonds. The molecule has 0 spiro atoms. The number of hydrogen-bond donors (Lipinski definition) is 1. The van der Waals surface area contributed by atoms with Gasteiger partial charge in [-0.3, -0.25) is 19.3 Å². The molecular weight excluding hydrogens is 467 g/mol. The first-order valence-corrected chi connectivity index (χ1v) is 11.1. The summed E-state index contributed by atoms with van der Waals surface area (Å²) in [6.45, 7) is 1.40. The first kappa shape index (κ1) is 23.0. The van der Waals surface area contributed by atoms with Crippen molar-refractivity contribution in [2.45, 2.75) is 13.3 Å². The number of benzene rings is 2. The molecule has 0 radical (unpaired) electrons. The minimum atomic E-state index is -0.723. The van der Waals surface area contributed by atoms with Crippen LogP contribution in [-0.2, 0) is 19.1 Å². The Labute approximate surface area is 200 Å². The summed E-state index contributed by atoms with van der Waals surface area (Å²) in [5.74, 6) is -2.48. The molecule has 0 unspecified atom stereocenters. The van der Waals surface area contributed by atoms with Crippen molar-refractivity contribution in [2.24, 2.45) is 17.8 Å². The molecule has 1 heterocycles. The van der Waals surface area contributed by atoms with Crippen LogP contribution in [0.1, 0.15) is 23.7 Å². The van der Waals surface area contributed by atoms with Gasteiger partial charge in [-0.25, -0.2) is 4.79 Å². The summed E-state index contributed by atoms with van der Waals surface area (Å²) >= 11 is 11.9. The number of amides is 3. The third-order valence-corrected chi connectivity index (χ3v) is 6.61. The number of carbonyl (C=O) groups excluding carboxylic acids is 4. The van der Waals surface area contributed by atoms with Crippen molar-refractivity contribution in [3.63, 3.8) is 0 Å². The van der Waals surface area contributed by atoms with Crippen LogP contribution in [0.3, 0.4) is 0 Å². The summed E-state index contributed by atoms with van der Waals surface area (Å²) in [6.07, 6.45) is 4.45. The van der Waals surface area contributed by atoms with Crippen molar-refractivity contribution in [1.82, 2.24) is 0 Å². The molecule has 2 aliphatic rings. The summed E-state index contributed by atoms with van der Waals surface area (Å²) in [7, 11) is 0. The van der Waals surface area contributed by atoms with Gasteiger partial charge in [-0.05, 0) is 48.7 Å². The van der Waals surface area contributed by atoms with Crippen LogP contribution >= 0.6 is 23.2 Å². The zero-order chi connectivity index (χ0) is 23.7.